The summed E-state index contributed by atoms with van der Waals surface area (Å²) in [5.41, 5.74) is 1.74. The molecule has 1 amide bonds. The van der Waals surface area contributed by atoms with Gasteiger partial charge in [-0.3, -0.25) is 9.59 Å². The second kappa shape index (κ2) is 7.04. The van der Waals surface area contributed by atoms with E-state index in [9.17, 15) is 9.59 Å². The van der Waals surface area contributed by atoms with E-state index >= 15 is 0 Å². The molecule has 2 aromatic heterocycles. The number of H-pyrrole nitrogens is 1. The van der Waals surface area contributed by atoms with E-state index in [1.807, 2.05) is 26.8 Å². The molecule has 3 heterocycles. The Kier molecular flexibility index (Phi) is 4.83. The number of aryl methyl sites for hydroxylation is 3. The van der Waals surface area contributed by atoms with Crippen molar-refractivity contribution >= 4 is 11.7 Å². The van der Waals surface area contributed by atoms with Crippen molar-refractivity contribution in [3.8, 4) is 0 Å². The fraction of sp³-hybridized carbons (Fsp3) is 0.444. The van der Waals surface area contributed by atoms with Crippen molar-refractivity contribution in [2.75, 3.05) is 31.1 Å². The number of nitrogens with one attached hydrogen (secondary N) is 1. The van der Waals surface area contributed by atoms with Crippen LogP contribution in [-0.2, 0) is 6.42 Å². The Balaban J connectivity index is 1.72. The lowest BCUT2D eigenvalue weighted by atomic mass is 10.1. The molecule has 25 heavy (non-hydrogen) atoms. The maximum atomic E-state index is 12.7. The predicted molar refractivity (Wildman–Crippen MR) is 96.1 cm³/mol. The number of aromatic nitrogens is 3. The molecule has 7 nitrogen and oxygen atoms in total. The van der Waals surface area contributed by atoms with E-state index < -0.39 is 0 Å². The van der Waals surface area contributed by atoms with Crippen LogP contribution >= 0.6 is 0 Å². The molecule has 1 saturated heterocycles. The number of anilines is 1. The number of carbonyl (C=O) groups excluding carboxylic acids is 1. The van der Waals surface area contributed by atoms with Gasteiger partial charge in [0.1, 0.15) is 17.2 Å². The van der Waals surface area contributed by atoms with Gasteiger partial charge in [-0.05, 0) is 38.0 Å². The first-order valence-corrected chi connectivity index (χ1v) is 8.56. The summed E-state index contributed by atoms with van der Waals surface area (Å²) in [6.45, 7) is 8.26. The normalized spacial score (nSPS) is 14.7. The van der Waals surface area contributed by atoms with Crippen molar-refractivity contribution in [3.63, 3.8) is 0 Å². The molecule has 0 aliphatic carbocycles. The van der Waals surface area contributed by atoms with Crippen molar-refractivity contribution in [1.29, 1.82) is 0 Å². The van der Waals surface area contributed by atoms with E-state index in [1.165, 1.54) is 0 Å². The van der Waals surface area contributed by atoms with Crippen LogP contribution in [0.15, 0.2) is 23.1 Å². The van der Waals surface area contributed by atoms with Crippen molar-refractivity contribution in [3.05, 3.63) is 51.3 Å². The molecule has 1 fully saturated rings. The lowest BCUT2D eigenvalue weighted by Gasteiger charge is -2.35. The monoisotopic (exact) mass is 341 g/mol. The molecule has 7 heteroatoms. The highest BCUT2D eigenvalue weighted by atomic mass is 16.2. The third-order valence-electron chi connectivity index (χ3n) is 4.58. The van der Waals surface area contributed by atoms with E-state index in [0.29, 0.717) is 26.2 Å². The van der Waals surface area contributed by atoms with Gasteiger partial charge in [0.05, 0.1) is 0 Å². The Labute approximate surface area is 146 Å². The number of piperazine rings is 1. The molecule has 0 radical (unpaired) electrons. The van der Waals surface area contributed by atoms with Gasteiger partial charge in [-0.2, -0.15) is 0 Å². The third kappa shape index (κ3) is 3.55. The molecule has 0 unspecified atom stereocenters. The number of nitrogens with zero attached hydrogens (tertiary/aromatic N) is 4. The smallest absolute Gasteiger partial charge is 0.261 e. The molecule has 0 saturated carbocycles. The number of amides is 1. The first-order chi connectivity index (χ1) is 12.0. The van der Waals surface area contributed by atoms with E-state index in [1.54, 1.807) is 17.2 Å². The highest BCUT2D eigenvalue weighted by Crippen LogP contribution is 2.15. The Morgan fingerprint density at radius 1 is 1.24 bits per heavy atom. The highest BCUT2D eigenvalue weighted by Gasteiger charge is 2.25. The maximum absolute atomic E-state index is 12.7. The fourth-order valence-corrected chi connectivity index (χ4v) is 3.13. The quantitative estimate of drug-likeness (QED) is 0.910. The minimum Gasteiger partial charge on any atom is -0.353 e. The summed E-state index contributed by atoms with van der Waals surface area (Å²) in [6.07, 6.45) is 2.49. The first-order valence-electron chi connectivity index (χ1n) is 8.56. The summed E-state index contributed by atoms with van der Waals surface area (Å²) in [5, 5.41) is 0. The standard InChI is InChI=1S/C18H23N5O2/c1-4-15-12(2)11-14(17(24)21-15)18(25)23-9-7-22(8-10-23)16-5-6-19-13(3)20-16/h5-6,11H,4,7-10H2,1-3H3,(H,21,24). The minimum absolute atomic E-state index is 0.203. The summed E-state index contributed by atoms with van der Waals surface area (Å²) in [5.74, 6) is 1.40. The van der Waals surface area contributed by atoms with Crippen LogP contribution in [0.3, 0.4) is 0 Å². The Morgan fingerprint density at radius 2 is 1.96 bits per heavy atom. The van der Waals surface area contributed by atoms with Crippen molar-refractivity contribution in [1.82, 2.24) is 19.9 Å². The van der Waals surface area contributed by atoms with Gasteiger partial charge < -0.3 is 14.8 Å². The van der Waals surface area contributed by atoms with E-state index in [0.717, 1.165) is 29.3 Å². The number of pyridine rings is 1. The summed E-state index contributed by atoms with van der Waals surface area (Å²) in [6, 6.07) is 3.59. The molecule has 2 aromatic rings. The van der Waals surface area contributed by atoms with Crippen LogP contribution in [0, 0.1) is 13.8 Å². The van der Waals surface area contributed by atoms with Gasteiger partial charge >= 0.3 is 0 Å². The Bertz CT molecular complexity index is 838. The number of aromatic amines is 1. The fourth-order valence-electron chi connectivity index (χ4n) is 3.13. The van der Waals surface area contributed by atoms with Gasteiger partial charge in [0.15, 0.2) is 0 Å². The van der Waals surface area contributed by atoms with Crippen LogP contribution in [0.2, 0.25) is 0 Å². The van der Waals surface area contributed by atoms with Gasteiger partial charge in [0.2, 0.25) is 0 Å². The van der Waals surface area contributed by atoms with Gasteiger partial charge in [0, 0.05) is 38.1 Å². The molecule has 0 bridgehead atoms. The average molecular weight is 341 g/mol. The maximum Gasteiger partial charge on any atom is 0.261 e. The van der Waals surface area contributed by atoms with Crippen LogP contribution in [0.25, 0.3) is 0 Å². The number of hydrogen-bond donors (Lipinski definition) is 1. The third-order valence-corrected chi connectivity index (χ3v) is 4.58. The number of rotatable bonds is 3. The van der Waals surface area contributed by atoms with Crippen molar-refractivity contribution in [2.45, 2.75) is 27.2 Å². The number of carbonyl (C=O) groups is 1. The van der Waals surface area contributed by atoms with Gasteiger partial charge in [-0.1, -0.05) is 6.92 Å². The SMILES string of the molecule is CCc1[nH]c(=O)c(C(=O)N2CCN(c3ccnc(C)n3)CC2)cc1C. The summed E-state index contributed by atoms with van der Waals surface area (Å²) < 4.78 is 0. The van der Waals surface area contributed by atoms with Crippen LogP contribution in [0.5, 0.6) is 0 Å². The van der Waals surface area contributed by atoms with Crippen LogP contribution in [0.1, 0.15) is 34.4 Å². The molecule has 1 N–H and O–H groups in total. The second-order valence-electron chi connectivity index (χ2n) is 6.27. The molecular weight excluding hydrogens is 318 g/mol. The lowest BCUT2D eigenvalue weighted by Crippen LogP contribution is -2.50. The number of hydrogen-bond acceptors (Lipinski definition) is 5. The average Bonchev–Trinajstić information content (AvgIpc) is 2.63. The van der Waals surface area contributed by atoms with Crippen LogP contribution in [-0.4, -0.2) is 51.9 Å². The summed E-state index contributed by atoms with van der Waals surface area (Å²) in [4.78, 5) is 40.2. The van der Waals surface area contributed by atoms with Gasteiger partial charge in [-0.25, -0.2) is 9.97 Å². The van der Waals surface area contributed by atoms with Crippen molar-refractivity contribution in [2.24, 2.45) is 0 Å². The predicted octanol–water partition coefficient (Wildman–Crippen LogP) is 1.31. The largest absolute Gasteiger partial charge is 0.353 e. The molecule has 0 aromatic carbocycles. The lowest BCUT2D eigenvalue weighted by molar-refractivity contribution is 0.0744. The van der Waals surface area contributed by atoms with Gasteiger partial charge in [0.25, 0.3) is 11.5 Å². The van der Waals surface area contributed by atoms with E-state index in [-0.39, 0.29) is 17.0 Å². The highest BCUT2D eigenvalue weighted by molar-refractivity contribution is 5.94. The molecular formula is C18H23N5O2. The molecule has 132 valence electrons. The minimum atomic E-state index is -0.304. The zero-order chi connectivity index (χ0) is 18.0. The van der Waals surface area contributed by atoms with Crippen LogP contribution < -0.4 is 10.5 Å². The first kappa shape index (κ1) is 17.1. The Morgan fingerprint density at radius 3 is 2.60 bits per heavy atom. The summed E-state index contributed by atoms with van der Waals surface area (Å²) in [7, 11) is 0. The second-order valence-corrected chi connectivity index (χ2v) is 6.27. The van der Waals surface area contributed by atoms with E-state index in [2.05, 4.69) is 19.9 Å². The van der Waals surface area contributed by atoms with Gasteiger partial charge in [-0.15, -0.1) is 0 Å². The summed E-state index contributed by atoms with van der Waals surface area (Å²) >= 11 is 0. The topological polar surface area (TPSA) is 82.2 Å². The zero-order valence-corrected chi connectivity index (χ0v) is 14.9. The molecule has 0 spiro atoms. The van der Waals surface area contributed by atoms with E-state index in [4.69, 9.17) is 0 Å². The molecule has 1 aliphatic rings. The van der Waals surface area contributed by atoms with Crippen LogP contribution in [0.4, 0.5) is 5.82 Å². The molecule has 0 atom stereocenters. The molecule has 1 aliphatic heterocycles. The van der Waals surface area contributed by atoms with Crippen molar-refractivity contribution < 1.29 is 4.79 Å². The molecule has 3 rings (SSSR count). The zero-order valence-electron chi connectivity index (χ0n) is 14.9. The Hall–Kier alpha value is -2.70.